The van der Waals surface area contributed by atoms with Crippen LogP contribution in [-0.4, -0.2) is 0 Å². The van der Waals surface area contributed by atoms with Gasteiger partial charge in [0.05, 0.1) is 5.41 Å². The Balaban J connectivity index is 1.20. The Kier molecular flexibility index (Phi) is 7.00. The lowest BCUT2D eigenvalue weighted by Gasteiger charge is -2.40. The molecule has 1 nitrogen and oxygen atoms in total. The Morgan fingerprint density at radius 2 is 0.895 bits per heavy atom. The van der Waals surface area contributed by atoms with E-state index in [1.54, 1.807) is 0 Å². The van der Waals surface area contributed by atoms with Gasteiger partial charge in [-0.15, -0.1) is 0 Å². The maximum absolute atomic E-state index is 6.90. The van der Waals surface area contributed by atoms with Crippen molar-refractivity contribution in [3.8, 4) is 44.5 Å². The first-order valence-electron chi connectivity index (χ1n) is 19.6. The molecule has 266 valence electrons. The molecule has 1 aliphatic heterocycles. The van der Waals surface area contributed by atoms with Crippen LogP contribution in [0.3, 0.4) is 0 Å². The van der Waals surface area contributed by atoms with Gasteiger partial charge in [-0.05, 0) is 118 Å². The van der Waals surface area contributed by atoms with Gasteiger partial charge in [-0.25, -0.2) is 0 Å². The second-order valence-electron chi connectivity index (χ2n) is 15.3. The van der Waals surface area contributed by atoms with Gasteiger partial charge in [0.1, 0.15) is 0 Å². The summed E-state index contributed by atoms with van der Waals surface area (Å²) in [7, 11) is 0. The summed E-state index contributed by atoms with van der Waals surface area (Å²) in [5, 5.41) is 7.49. The van der Waals surface area contributed by atoms with E-state index in [0.29, 0.717) is 0 Å². The molecule has 10 aromatic carbocycles. The summed E-state index contributed by atoms with van der Waals surface area (Å²) in [6, 6.07) is 73.9. The predicted molar refractivity (Wildman–Crippen MR) is 241 cm³/mol. The summed E-state index contributed by atoms with van der Waals surface area (Å²) in [6.45, 7) is 0. The zero-order chi connectivity index (χ0) is 37.7. The lowest BCUT2D eigenvalue weighted by molar-refractivity contribution is 0.723. The van der Waals surface area contributed by atoms with Crippen LogP contribution in [0.1, 0.15) is 22.3 Å². The van der Waals surface area contributed by atoms with Crippen molar-refractivity contribution >= 4 is 49.8 Å². The molecule has 1 atom stereocenters. The number of rotatable bonds is 3. The third kappa shape index (κ3) is 4.48. The molecule has 0 aromatic heterocycles. The molecule has 1 heterocycles. The quantitative estimate of drug-likeness (QED) is 0.144. The number of anilines is 1. The first-order valence-corrected chi connectivity index (χ1v) is 20.5. The Hall–Kier alpha value is -6.87. The van der Waals surface area contributed by atoms with Crippen molar-refractivity contribution in [3.63, 3.8) is 0 Å². The van der Waals surface area contributed by atoms with Crippen molar-refractivity contribution in [2.75, 3.05) is 5.73 Å². The van der Waals surface area contributed by atoms with Crippen LogP contribution in [-0.2, 0) is 5.41 Å². The monoisotopic (exact) mass is 741 g/mol. The van der Waals surface area contributed by atoms with Crippen LogP contribution in [0.15, 0.2) is 210 Å². The number of benzene rings is 10. The minimum atomic E-state index is -0.517. The van der Waals surface area contributed by atoms with E-state index < -0.39 is 5.41 Å². The fraction of sp³-hybridized carbons (Fsp3) is 0.0182. The molecule has 0 radical (unpaired) electrons. The molecule has 0 fully saturated rings. The third-order valence-electron chi connectivity index (χ3n) is 12.5. The van der Waals surface area contributed by atoms with Gasteiger partial charge in [0, 0.05) is 21.0 Å². The van der Waals surface area contributed by atoms with E-state index in [1.165, 1.54) is 103 Å². The second kappa shape index (κ2) is 12.3. The fourth-order valence-electron chi connectivity index (χ4n) is 10.2. The van der Waals surface area contributed by atoms with Gasteiger partial charge >= 0.3 is 0 Å². The van der Waals surface area contributed by atoms with E-state index in [-0.39, 0.29) is 0 Å². The van der Waals surface area contributed by atoms with Crippen molar-refractivity contribution in [2.24, 2.45) is 0 Å². The van der Waals surface area contributed by atoms with Crippen molar-refractivity contribution in [1.29, 1.82) is 0 Å². The highest BCUT2D eigenvalue weighted by atomic mass is 32.2. The van der Waals surface area contributed by atoms with Crippen molar-refractivity contribution in [1.82, 2.24) is 0 Å². The van der Waals surface area contributed by atoms with E-state index in [2.05, 4.69) is 194 Å². The van der Waals surface area contributed by atoms with E-state index >= 15 is 0 Å². The summed E-state index contributed by atoms with van der Waals surface area (Å²) in [4.78, 5) is 2.57. The molecule has 57 heavy (non-hydrogen) atoms. The van der Waals surface area contributed by atoms with Gasteiger partial charge in [-0.2, -0.15) is 0 Å². The average molecular weight is 742 g/mol. The number of hydrogen-bond acceptors (Lipinski definition) is 2. The highest BCUT2D eigenvalue weighted by Gasteiger charge is 2.51. The lowest BCUT2D eigenvalue weighted by Crippen LogP contribution is -2.32. The molecule has 1 unspecified atom stereocenters. The van der Waals surface area contributed by atoms with Crippen LogP contribution in [0.5, 0.6) is 0 Å². The highest BCUT2D eigenvalue weighted by molar-refractivity contribution is 7.99. The van der Waals surface area contributed by atoms with E-state index in [0.717, 1.165) is 11.3 Å². The molecule has 2 N–H and O–H groups in total. The molecular weight excluding hydrogens is 707 g/mol. The molecule has 0 bridgehead atoms. The van der Waals surface area contributed by atoms with Crippen LogP contribution in [0, 0.1) is 0 Å². The minimum absolute atomic E-state index is 0.517. The number of hydrogen-bond donors (Lipinski definition) is 1. The zero-order valence-electron chi connectivity index (χ0n) is 31.0. The fourth-order valence-corrected chi connectivity index (χ4v) is 11.5. The van der Waals surface area contributed by atoms with Crippen LogP contribution >= 0.6 is 11.8 Å². The standard InChI is InChI=1S/C55H35NS/c56-49-30-15-28-47-53(49)42-24-10-11-26-45(42)55(47)46-27-12-13-31-50(46)57-54-43(25-14-29-48(54)55)51-38-20-6-8-22-40(38)52(41-23-9-7-21-39(41)51)44-33-36(34-16-2-1-3-17-34)32-35-18-4-5-19-37(35)44/h1-33H,56H2. The first kappa shape index (κ1) is 32.4. The van der Waals surface area contributed by atoms with Gasteiger partial charge in [-0.1, -0.05) is 188 Å². The highest BCUT2D eigenvalue weighted by Crippen LogP contribution is 2.64. The molecule has 2 heteroatoms. The van der Waals surface area contributed by atoms with Crippen molar-refractivity contribution < 1.29 is 0 Å². The summed E-state index contributed by atoms with van der Waals surface area (Å²) < 4.78 is 0. The zero-order valence-corrected chi connectivity index (χ0v) is 31.9. The third-order valence-corrected chi connectivity index (χ3v) is 13.7. The summed E-state index contributed by atoms with van der Waals surface area (Å²) in [5.74, 6) is 0. The molecule has 0 amide bonds. The van der Waals surface area contributed by atoms with Gasteiger partial charge in [0.15, 0.2) is 0 Å². The largest absolute Gasteiger partial charge is 0.398 e. The average Bonchev–Trinajstić information content (AvgIpc) is 3.57. The SMILES string of the molecule is Nc1cccc2c1-c1ccccc1C21c2ccccc2Sc2c(-c3c4ccccc4c(-c4cc(-c5ccccc5)cc5ccccc45)c4ccccc34)cccc21. The minimum Gasteiger partial charge on any atom is -0.398 e. The van der Waals surface area contributed by atoms with Crippen LogP contribution in [0.4, 0.5) is 5.69 Å². The van der Waals surface area contributed by atoms with E-state index in [4.69, 9.17) is 5.73 Å². The lowest BCUT2D eigenvalue weighted by atomic mass is 9.67. The topological polar surface area (TPSA) is 26.0 Å². The molecule has 1 aliphatic carbocycles. The predicted octanol–water partition coefficient (Wildman–Crippen LogP) is 14.6. The maximum atomic E-state index is 6.90. The van der Waals surface area contributed by atoms with Crippen molar-refractivity contribution in [3.05, 3.63) is 222 Å². The number of nitrogen functional groups attached to an aromatic ring is 1. The van der Waals surface area contributed by atoms with Crippen LogP contribution in [0.2, 0.25) is 0 Å². The molecule has 0 saturated heterocycles. The molecule has 10 aromatic rings. The second-order valence-corrected chi connectivity index (χ2v) is 16.4. The first-order chi connectivity index (χ1) is 28.2. The normalized spacial score (nSPS) is 15.1. The smallest absolute Gasteiger partial charge is 0.0736 e. The summed E-state index contributed by atoms with van der Waals surface area (Å²) >= 11 is 1.91. The van der Waals surface area contributed by atoms with Gasteiger partial charge in [0.2, 0.25) is 0 Å². The Morgan fingerprint density at radius 3 is 1.65 bits per heavy atom. The summed E-state index contributed by atoms with van der Waals surface area (Å²) in [5.41, 5.74) is 22.2. The Morgan fingerprint density at radius 1 is 0.351 bits per heavy atom. The van der Waals surface area contributed by atoms with Crippen LogP contribution < -0.4 is 5.73 Å². The van der Waals surface area contributed by atoms with E-state index in [9.17, 15) is 0 Å². The molecule has 1 spiro atoms. The van der Waals surface area contributed by atoms with Gasteiger partial charge in [-0.3, -0.25) is 0 Å². The molecule has 2 aliphatic rings. The number of fused-ring (bicyclic) bond motifs is 12. The van der Waals surface area contributed by atoms with Crippen molar-refractivity contribution in [2.45, 2.75) is 15.2 Å². The summed E-state index contributed by atoms with van der Waals surface area (Å²) in [6.07, 6.45) is 0. The Labute approximate surface area is 336 Å². The van der Waals surface area contributed by atoms with Crippen LogP contribution in [0.25, 0.3) is 76.8 Å². The Bertz CT molecular complexity index is 3230. The molecular formula is C55H35NS. The number of nitrogens with two attached hydrogens (primary N) is 1. The van der Waals surface area contributed by atoms with Gasteiger partial charge < -0.3 is 5.73 Å². The van der Waals surface area contributed by atoms with E-state index in [1.807, 2.05) is 17.8 Å². The van der Waals surface area contributed by atoms with Gasteiger partial charge in [0.25, 0.3) is 0 Å². The molecule has 12 rings (SSSR count). The maximum Gasteiger partial charge on any atom is 0.0736 e. The molecule has 0 saturated carbocycles.